The third kappa shape index (κ3) is 12.9. The number of rotatable bonds is 4. The van der Waals surface area contributed by atoms with Gasteiger partial charge in [0.2, 0.25) is 5.91 Å². The van der Waals surface area contributed by atoms with Crippen LogP contribution < -0.4 is 11.1 Å². The number of carbonyl (C=O) groups excluding carboxylic acids is 2. The molecule has 2 heterocycles. The first-order valence-electron chi connectivity index (χ1n) is 14.6. The van der Waals surface area contributed by atoms with Crippen molar-refractivity contribution in [2.45, 2.75) is 71.8 Å². The number of ether oxygens (including phenoxy) is 1. The summed E-state index contributed by atoms with van der Waals surface area (Å²) in [6.45, 7) is 15.0. The van der Waals surface area contributed by atoms with Gasteiger partial charge in [-0.1, -0.05) is 68.8 Å². The van der Waals surface area contributed by atoms with E-state index in [2.05, 4.69) is 36.5 Å². The second-order valence-corrected chi connectivity index (χ2v) is 9.46. The third-order valence-corrected chi connectivity index (χ3v) is 6.91. The number of nitrogens with zero attached hydrogens (tertiary/aromatic N) is 2. The quantitative estimate of drug-likeness (QED) is 0.324. The SMILES string of the molecule is C1CCNCC1.CC.CC(C(N)=O)N(C)C(=O)OCC1c2ccccc2-c2ccccc21.ON1CCCC1.[CH2-]C.[HH].[U]. The van der Waals surface area contributed by atoms with Gasteiger partial charge in [-0.15, -0.1) is 0 Å². The number of piperidine rings is 1. The fourth-order valence-corrected chi connectivity index (χ4v) is 4.55. The van der Waals surface area contributed by atoms with Gasteiger partial charge < -0.3 is 27.9 Å². The maximum Gasteiger partial charge on any atom is 0.410 e. The molecule has 2 aliphatic heterocycles. The Morgan fingerprint density at radius 2 is 1.46 bits per heavy atom. The van der Waals surface area contributed by atoms with Crippen LogP contribution in [0, 0.1) is 38.0 Å². The summed E-state index contributed by atoms with van der Waals surface area (Å²) in [5, 5.41) is 13.2. The minimum absolute atomic E-state index is 0. The first-order chi connectivity index (χ1) is 19.4. The second kappa shape index (κ2) is 22.7. The largest absolute Gasteiger partial charge is 0.448 e. The molecule has 41 heavy (non-hydrogen) atoms. The number of hydrogen-bond acceptors (Lipinski definition) is 6. The van der Waals surface area contributed by atoms with Crippen molar-refractivity contribution in [1.29, 1.82) is 0 Å². The van der Waals surface area contributed by atoms with Gasteiger partial charge in [-0.05, 0) is 68.0 Å². The molecule has 0 aromatic heterocycles. The van der Waals surface area contributed by atoms with Crippen LogP contribution in [0.4, 0.5) is 4.79 Å². The van der Waals surface area contributed by atoms with E-state index in [1.807, 2.05) is 38.1 Å². The Hall–Kier alpha value is -1.89. The molecule has 230 valence electrons. The van der Waals surface area contributed by atoms with Crippen molar-refractivity contribution in [3.63, 3.8) is 0 Å². The van der Waals surface area contributed by atoms with Crippen LogP contribution >= 0.6 is 0 Å². The van der Waals surface area contributed by atoms with Crippen molar-refractivity contribution in [3.05, 3.63) is 66.6 Å². The molecule has 9 heteroatoms. The minimum atomic E-state index is -0.708. The molecule has 3 aliphatic rings. The van der Waals surface area contributed by atoms with E-state index in [0.717, 1.165) is 37.1 Å². The number of amides is 2. The number of primary amides is 1. The molecule has 2 amide bonds. The topological polar surface area (TPSA) is 108 Å². The van der Waals surface area contributed by atoms with Gasteiger partial charge in [0.05, 0.1) is 0 Å². The smallest absolute Gasteiger partial charge is 0.410 e. The summed E-state index contributed by atoms with van der Waals surface area (Å²) in [4.78, 5) is 24.6. The van der Waals surface area contributed by atoms with Crippen molar-refractivity contribution < 1.29 is 52.1 Å². The predicted octanol–water partition coefficient (Wildman–Crippen LogP) is 6.08. The zero-order valence-corrected chi connectivity index (χ0v) is 29.9. The Bertz CT molecular complexity index is 947. The number of carbonyl (C=O) groups is 2. The molecule has 0 radical (unpaired) electrons. The number of likely N-dealkylation sites (N-methyl/N-ethyl adjacent to an activating group) is 1. The molecule has 1 aliphatic carbocycles. The Kier molecular flexibility index (Phi) is 21.6. The maximum absolute atomic E-state index is 12.2. The van der Waals surface area contributed by atoms with E-state index in [1.165, 1.54) is 60.5 Å². The van der Waals surface area contributed by atoms with Crippen LogP contribution in [-0.2, 0) is 9.53 Å². The molecule has 2 fully saturated rings. The number of hydrogen-bond donors (Lipinski definition) is 3. The molecule has 1 unspecified atom stereocenters. The second-order valence-electron chi connectivity index (χ2n) is 9.46. The van der Waals surface area contributed by atoms with Crippen LogP contribution in [0.5, 0.6) is 0 Å². The average Bonchev–Trinajstić information content (AvgIpc) is 3.63. The van der Waals surface area contributed by atoms with Crippen molar-refractivity contribution in [2.24, 2.45) is 5.73 Å². The number of nitrogens with two attached hydrogens (primary N) is 1. The van der Waals surface area contributed by atoms with Crippen molar-refractivity contribution in [3.8, 4) is 11.1 Å². The molecule has 0 spiro atoms. The molecule has 2 saturated heterocycles. The third-order valence-electron chi connectivity index (χ3n) is 6.91. The van der Waals surface area contributed by atoms with Gasteiger partial charge in [-0.3, -0.25) is 9.69 Å². The molecule has 4 N–H and O–H groups in total. The standard InChI is InChI=1S/C19H20N2O3.C5H11N.C4H9NO.C2H6.C2H5.U.H2/c1-12(18(20)22)21(2)19(23)24-11-17-15-9-5-3-7-13(15)14-8-4-6-10-16(14)17;1-2-4-6-5-3-1;6-5-3-1-2-4-5;2*1-2;;/h3-10,12,17H,11H2,1-2H3,(H2,20,22);6H,1-5H2;6H,1-4H2;1-2H3;1H2,2H3;;1H/q;;;;-1;;. The van der Waals surface area contributed by atoms with Crippen molar-refractivity contribution >= 4 is 12.0 Å². The average molecular weight is 796 g/mol. The van der Waals surface area contributed by atoms with Gasteiger partial charge in [0.25, 0.3) is 0 Å². The van der Waals surface area contributed by atoms with E-state index in [4.69, 9.17) is 15.7 Å². The number of hydroxylamine groups is 2. The number of benzene rings is 2. The van der Waals surface area contributed by atoms with Gasteiger partial charge in [-0.25, -0.2) is 4.79 Å². The molecule has 1 atom stereocenters. The van der Waals surface area contributed by atoms with Crippen LogP contribution in [0.3, 0.4) is 0 Å². The summed E-state index contributed by atoms with van der Waals surface area (Å²) in [6.07, 6.45) is 5.99. The summed E-state index contributed by atoms with van der Waals surface area (Å²) in [5.41, 5.74) is 9.88. The van der Waals surface area contributed by atoms with Crippen LogP contribution in [0.25, 0.3) is 11.1 Å². The first kappa shape index (κ1) is 39.1. The Balaban J connectivity index is 0. The minimum Gasteiger partial charge on any atom is -0.448 e. The molecule has 2 aromatic carbocycles. The van der Waals surface area contributed by atoms with Gasteiger partial charge in [-0.2, -0.15) is 12.0 Å². The maximum atomic E-state index is 12.2. The van der Waals surface area contributed by atoms with Crippen LogP contribution in [0.2, 0.25) is 0 Å². The first-order valence-corrected chi connectivity index (χ1v) is 14.6. The summed E-state index contributed by atoms with van der Waals surface area (Å²) in [6, 6.07) is 15.6. The summed E-state index contributed by atoms with van der Waals surface area (Å²) < 4.78 is 5.45. The van der Waals surface area contributed by atoms with E-state index in [0.29, 0.717) is 0 Å². The molecule has 2 aromatic rings. The molecular formula is C32H53N4O4U-. The van der Waals surface area contributed by atoms with Gasteiger partial charge >= 0.3 is 6.09 Å². The van der Waals surface area contributed by atoms with Gasteiger partial charge in [0.1, 0.15) is 12.6 Å². The molecule has 5 rings (SSSR count). The predicted molar refractivity (Wildman–Crippen MR) is 165 cm³/mol. The monoisotopic (exact) mass is 795 g/mol. The van der Waals surface area contributed by atoms with Crippen molar-refractivity contribution in [2.75, 3.05) is 39.8 Å². The van der Waals surface area contributed by atoms with E-state index in [1.54, 1.807) is 13.8 Å². The van der Waals surface area contributed by atoms with Crippen molar-refractivity contribution in [1.82, 2.24) is 15.3 Å². The fraction of sp³-hybridized carbons (Fsp3) is 0.531. The van der Waals surface area contributed by atoms with E-state index in [9.17, 15) is 9.59 Å². The summed E-state index contributed by atoms with van der Waals surface area (Å²) in [5.74, 6) is -0.565. The Morgan fingerprint density at radius 3 is 1.80 bits per heavy atom. The van der Waals surface area contributed by atoms with E-state index < -0.39 is 18.0 Å². The molecule has 0 bridgehead atoms. The van der Waals surface area contributed by atoms with Gasteiger partial charge in [0, 0.05) is 58.6 Å². The molecule has 8 nitrogen and oxygen atoms in total. The zero-order valence-electron chi connectivity index (χ0n) is 25.7. The normalized spacial score (nSPS) is 15.6. The molecule has 0 saturated carbocycles. The van der Waals surface area contributed by atoms with Crippen LogP contribution in [0.1, 0.15) is 78.3 Å². The Morgan fingerprint density at radius 1 is 1.00 bits per heavy atom. The van der Waals surface area contributed by atoms with E-state index >= 15 is 0 Å². The summed E-state index contributed by atoms with van der Waals surface area (Å²) >= 11 is 0. The number of nitrogens with one attached hydrogen (secondary N) is 1. The molecular weight excluding hydrogens is 742 g/mol. The zero-order chi connectivity index (χ0) is 29.9. The van der Waals surface area contributed by atoms with Crippen LogP contribution in [-0.4, -0.2) is 73.0 Å². The van der Waals surface area contributed by atoms with Crippen LogP contribution in [0.15, 0.2) is 48.5 Å². The Labute approximate surface area is 273 Å². The van der Waals surface area contributed by atoms with Gasteiger partial charge in [0.15, 0.2) is 0 Å². The number of fused-ring (bicyclic) bond motifs is 3. The van der Waals surface area contributed by atoms with E-state index in [-0.39, 0.29) is 45.1 Å². The summed E-state index contributed by atoms with van der Waals surface area (Å²) in [7, 11) is 1.51. The fourth-order valence-electron chi connectivity index (χ4n) is 4.55.